The van der Waals surface area contributed by atoms with Crippen molar-refractivity contribution in [3.05, 3.63) is 65.0 Å². The Hall–Kier alpha value is -3.08. The zero-order valence-electron chi connectivity index (χ0n) is 13.3. The summed E-state index contributed by atoms with van der Waals surface area (Å²) in [5.41, 5.74) is 1.66. The zero-order chi connectivity index (χ0) is 17.1. The van der Waals surface area contributed by atoms with Crippen LogP contribution in [0, 0.1) is 0 Å². The van der Waals surface area contributed by atoms with Gasteiger partial charge in [0.2, 0.25) is 0 Å². The molecule has 0 spiro atoms. The van der Waals surface area contributed by atoms with Crippen LogP contribution in [0.1, 0.15) is 6.92 Å². The Kier molecular flexibility index (Phi) is 4.33. The van der Waals surface area contributed by atoms with Gasteiger partial charge in [0.1, 0.15) is 11.3 Å². The second-order valence-corrected chi connectivity index (χ2v) is 5.29. The Morgan fingerprint density at radius 1 is 1.08 bits per heavy atom. The standard InChI is InChI=1S/C19H16O5/c1-12(19(21)22-2)23-14-8-9-15-16(13-6-4-3-5-7-13)11-18(20)24-17(15)10-14/h3-12H,1-2H3/t12-/m0/s1. The number of benzene rings is 2. The molecule has 0 bridgehead atoms. The SMILES string of the molecule is COC(=O)[C@H](C)Oc1ccc2c(-c3ccccc3)cc(=O)oc2c1. The van der Waals surface area contributed by atoms with Gasteiger partial charge in [-0.15, -0.1) is 0 Å². The quantitative estimate of drug-likeness (QED) is 0.543. The number of fused-ring (bicyclic) bond motifs is 1. The smallest absolute Gasteiger partial charge is 0.346 e. The van der Waals surface area contributed by atoms with Crippen LogP contribution in [0.5, 0.6) is 5.75 Å². The van der Waals surface area contributed by atoms with Crippen LogP contribution in [0.2, 0.25) is 0 Å². The van der Waals surface area contributed by atoms with Gasteiger partial charge < -0.3 is 13.9 Å². The van der Waals surface area contributed by atoms with Crippen molar-refractivity contribution < 1.29 is 18.7 Å². The fraction of sp³-hybridized carbons (Fsp3) is 0.158. The molecule has 0 N–H and O–H groups in total. The first-order chi connectivity index (χ1) is 11.6. The van der Waals surface area contributed by atoms with Crippen molar-refractivity contribution in [2.75, 3.05) is 7.11 Å². The molecule has 5 heteroatoms. The van der Waals surface area contributed by atoms with E-state index >= 15 is 0 Å². The highest BCUT2D eigenvalue weighted by atomic mass is 16.6. The molecule has 0 unspecified atom stereocenters. The lowest BCUT2D eigenvalue weighted by molar-refractivity contribution is -0.147. The van der Waals surface area contributed by atoms with Crippen molar-refractivity contribution in [3.63, 3.8) is 0 Å². The van der Waals surface area contributed by atoms with Crippen molar-refractivity contribution in [1.29, 1.82) is 0 Å². The highest BCUT2D eigenvalue weighted by Gasteiger charge is 2.16. The van der Waals surface area contributed by atoms with Crippen molar-refractivity contribution in [1.82, 2.24) is 0 Å². The van der Waals surface area contributed by atoms with Gasteiger partial charge in [-0.3, -0.25) is 0 Å². The molecule has 122 valence electrons. The first kappa shape index (κ1) is 15.8. The number of rotatable bonds is 4. The summed E-state index contributed by atoms with van der Waals surface area (Å²) < 4.78 is 15.4. The van der Waals surface area contributed by atoms with Crippen molar-refractivity contribution in [2.45, 2.75) is 13.0 Å². The van der Waals surface area contributed by atoms with E-state index in [1.807, 2.05) is 30.3 Å². The lowest BCUT2D eigenvalue weighted by Gasteiger charge is -2.13. The summed E-state index contributed by atoms with van der Waals surface area (Å²) in [6.07, 6.45) is -0.753. The fourth-order valence-electron chi connectivity index (χ4n) is 2.49. The Balaban J connectivity index is 2.05. The Labute approximate surface area is 138 Å². The van der Waals surface area contributed by atoms with Gasteiger partial charge in [-0.2, -0.15) is 0 Å². The van der Waals surface area contributed by atoms with Crippen molar-refractivity contribution in [2.24, 2.45) is 0 Å². The summed E-state index contributed by atoms with van der Waals surface area (Å²) in [5.74, 6) is -0.0525. The predicted molar refractivity (Wildman–Crippen MR) is 90.0 cm³/mol. The van der Waals surface area contributed by atoms with Gasteiger partial charge >= 0.3 is 11.6 Å². The minimum atomic E-state index is -0.753. The molecule has 0 aliphatic rings. The van der Waals surface area contributed by atoms with Gasteiger partial charge in [-0.1, -0.05) is 30.3 Å². The normalized spacial score (nSPS) is 11.9. The topological polar surface area (TPSA) is 65.7 Å². The Morgan fingerprint density at radius 2 is 1.83 bits per heavy atom. The second-order valence-electron chi connectivity index (χ2n) is 5.29. The summed E-state index contributed by atoms with van der Waals surface area (Å²) in [6, 6.07) is 16.2. The Bertz CT molecular complexity index is 927. The third-order valence-electron chi connectivity index (χ3n) is 3.65. The average Bonchev–Trinajstić information content (AvgIpc) is 2.60. The van der Waals surface area contributed by atoms with E-state index in [1.165, 1.54) is 13.2 Å². The molecule has 0 radical (unpaired) electrons. The first-order valence-corrected chi connectivity index (χ1v) is 7.46. The van der Waals surface area contributed by atoms with Crippen LogP contribution in [-0.2, 0) is 9.53 Å². The van der Waals surface area contributed by atoms with Gasteiger partial charge in [0.15, 0.2) is 6.10 Å². The average molecular weight is 324 g/mol. The third-order valence-corrected chi connectivity index (χ3v) is 3.65. The van der Waals surface area contributed by atoms with Gasteiger partial charge in [0.05, 0.1) is 7.11 Å². The highest BCUT2D eigenvalue weighted by Crippen LogP contribution is 2.29. The molecule has 3 rings (SSSR count). The maximum Gasteiger partial charge on any atom is 0.346 e. The summed E-state index contributed by atoms with van der Waals surface area (Å²) >= 11 is 0. The van der Waals surface area contributed by atoms with E-state index < -0.39 is 17.7 Å². The molecule has 5 nitrogen and oxygen atoms in total. The molecule has 0 aliphatic carbocycles. The summed E-state index contributed by atoms with van der Waals surface area (Å²) in [6.45, 7) is 1.59. The number of ether oxygens (including phenoxy) is 2. The van der Waals surface area contributed by atoms with Gasteiger partial charge in [0, 0.05) is 17.5 Å². The maximum atomic E-state index is 11.9. The van der Waals surface area contributed by atoms with Crippen LogP contribution in [-0.4, -0.2) is 19.2 Å². The number of methoxy groups -OCH3 is 1. The summed E-state index contributed by atoms with van der Waals surface area (Å²) in [4.78, 5) is 23.3. The van der Waals surface area contributed by atoms with Crippen molar-refractivity contribution >= 4 is 16.9 Å². The minimum Gasteiger partial charge on any atom is -0.479 e. The number of carbonyl (C=O) groups is 1. The summed E-state index contributed by atoms with van der Waals surface area (Å²) in [7, 11) is 1.30. The molecule has 1 aromatic heterocycles. The molecule has 1 atom stereocenters. The molecule has 1 heterocycles. The van der Waals surface area contributed by atoms with E-state index in [0.29, 0.717) is 11.3 Å². The van der Waals surface area contributed by atoms with Gasteiger partial charge in [-0.05, 0) is 30.2 Å². The molecule has 2 aromatic carbocycles. The van der Waals surface area contributed by atoms with Gasteiger partial charge in [-0.25, -0.2) is 9.59 Å². The molecular formula is C19H16O5. The number of hydrogen-bond donors (Lipinski definition) is 0. The molecule has 3 aromatic rings. The van der Waals surface area contributed by atoms with Crippen LogP contribution < -0.4 is 10.4 Å². The fourth-order valence-corrected chi connectivity index (χ4v) is 2.49. The zero-order valence-corrected chi connectivity index (χ0v) is 13.3. The Morgan fingerprint density at radius 3 is 2.54 bits per heavy atom. The van der Waals surface area contributed by atoms with Crippen LogP contribution >= 0.6 is 0 Å². The molecule has 0 amide bonds. The molecule has 24 heavy (non-hydrogen) atoms. The van der Waals surface area contributed by atoms with Crippen LogP contribution in [0.3, 0.4) is 0 Å². The molecule has 0 saturated heterocycles. The van der Waals surface area contributed by atoms with Gasteiger partial charge in [0.25, 0.3) is 0 Å². The number of hydrogen-bond acceptors (Lipinski definition) is 5. The van der Waals surface area contributed by atoms with E-state index in [4.69, 9.17) is 9.15 Å². The third kappa shape index (κ3) is 3.15. The number of carbonyl (C=O) groups excluding carboxylic acids is 1. The van der Waals surface area contributed by atoms with Crippen LogP contribution in [0.25, 0.3) is 22.1 Å². The molecular weight excluding hydrogens is 308 g/mol. The molecule has 0 saturated carbocycles. The second kappa shape index (κ2) is 6.58. The number of esters is 1. The first-order valence-electron chi connectivity index (χ1n) is 7.46. The maximum absolute atomic E-state index is 11.9. The van der Waals surface area contributed by atoms with Crippen LogP contribution in [0.15, 0.2) is 63.8 Å². The molecule has 0 aliphatic heterocycles. The summed E-state index contributed by atoms with van der Waals surface area (Å²) in [5, 5.41) is 0.791. The van der Waals surface area contributed by atoms with E-state index in [2.05, 4.69) is 4.74 Å². The minimum absolute atomic E-state index is 0.399. The predicted octanol–water partition coefficient (Wildman–Crippen LogP) is 3.40. The van der Waals surface area contributed by atoms with E-state index in [1.54, 1.807) is 25.1 Å². The lowest BCUT2D eigenvalue weighted by atomic mass is 10.0. The lowest BCUT2D eigenvalue weighted by Crippen LogP contribution is -2.24. The largest absolute Gasteiger partial charge is 0.479 e. The van der Waals surface area contributed by atoms with E-state index in [-0.39, 0.29) is 0 Å². The van der Waals surface area contributed by atoms with Crippen molar-refractivity contribution in [3.8, 4) is 16.9 Å². The molecule has 0 fully saturated rings. The van der Waals surface area contributed by atoms with E-state index in [9.17, 15) is 9.59 Å². The van der Waals surface area contributed by atoms with Crippen LogP contribution in [0.4, 0.5) is 0 Å². The highest BCUT2D eigenvalue weighted by molar-refractivity contribution is 5.93. The van der Waals surface area contributed by atoms with E-state index in [0.717, 1.165) is 16.5 Å². The monoisotopic (exact) mass is 324 g/mol.